The van der Waals surface area contributed by atoms with E-state index in [2.05, 4.69) is 11.9 Å². The number of halogens is 2. The molecule has 1 aliphatic rings. The number of hydrogen-bond acceptors (Lipinski definition) is 2. The van der Waals surface area contributed by atoms with Crippen LogP contribution in [-0.4, -0.2) is 42.3 Å². The third-order valence-corrected chi connectivity index (χ3v) is 5.23. The van der Waals surface area contributed by atoms with Crippen molar-refractivity contribution < 1.29 is 14.3 Å². The summed E-state index contributed by atoms with van der Waals surface area (Å²) in [5.41, 5.74) is 1.97. The topological polar surface area (TPSA) is 43.8 Å². The maximum absolute atomic E-state index is 13.3. The van der Waals surface area contributed by atoms with E-state index in [0.29, 0.717) is 28.9 Å². The first-order valence-corrected chi connectivity index (χ1v) is 9.09. The summed E-state index contributed by atoms with van der Waals surface area (Å²) in [5.74, 6) is -0.336. The van der Waals surface area contributed by atoms with Gasteiger partial charge in [-0.1, -0.05) is 23.7 Å². The molecule has 1 unspecified atom stereocenters. The molecular weight excluding hydrogens is 355 g/mol. The lowest BCUT2D eigenvalue weighted by molar-refractivity contribution is 0.200. The van der Waals surface area contributed by atoms with Gasteiger partial charge in [-0.25, -0.2) is 9.18 Å². The zero-order chi connectivity index (χ0) is 18.7. The third kappa shape index (κ3) is 4.17. The summed E-state index contributed by atoms with van der Waals surface area (Å²) in [6, 6.07) is 11.5. The molecule has 1 atom stereocenters. The second kappa shape index (κ2) is 8.06. The Morgan fingerprint density at radius 1 is 1.31 bits per heavy atom. The van der Waals surface area contributed by atoms with Crippen molar-refractivity contribution >= 4 is 23.4 Å². The summed E-state index contributed by atoms with van der Waals surface area (Å²) in [7, 11) is 2.08. The Morgan fingerprint density at radius 2 is 2.04 bits per heavy atom. The molecular formula is C20H22ClFN2O2. The monoisotopic (exact) mass is 376 g/mol. The highest BCUT2D eigenvalue weighted by molar-refractivity contribution is 6.31. The van der Waals surface area contributed by atoms with E-state index in [1.165, 1.54) is 17.0 Å². The van der Waals surface area contributed by atoms with E-state index < -0.39 is 6.09 Å². The van der Waals surface area contributed by atoms with Gasteiger partial charge in [0.2, 0.25) is 0 Å². The van der Waals surface area contributed by atoms with Gasteiger partial charge in [0, 0.05) is 23.2 Å². The standard InChI is InChI=1S/C20H22ClFN2O2/c1-23-11-2-3-17(23)10-12-24(20(25)26)19-9-6-15(21)13-18(19)14-4-7-16(22)8-5-14/h4-9,13,17H,2-3,10-12H2,1H3,(H,25,26). The molecule has 0 radical (unpaired) electrons. The number of amides is 1. The van der Waals surface area contributed by atoms with Crippen LogP contribution in [0.3, 0.4) is 0 Å². The van der Waals surface area contributed by atoms with Crippen molar-refractivity contribution in [3.63, 3.8) is 0 Å². The summed E-state index contributed by atoms with van der Waals surface area (Å²) >= 11 is 6.14. The molecule has 26 heavy (non-hydrogen) atoms. The number of nitrogens with zero attached hydrogens (tertiary/aromatic N) is 2. The van der Waals surface area contributed by atoms with Gasteiger partial charge in [-0.05, 0) is 68.8 Å². The number of hydrogen-bond donors (Lipinski definition) is 1. The van der Waals surface area contributed by atoms with Crippen LogP contribution < -0.4 is 4.90 Å². The average Bonchev–Trinajstić information content (AvgIpc) is 3.01. The highest BCUT2D eigenvalue weighted by atomic mass is 35.5. The molecule has 4 nitrogen and oxygen atoms in total. The van der Waals surface area contributed by atoms with Gasteiger partial charge in [0.1, 0.15) is 5.82 Å². The molecule has 3 rings (SSSR count). The van der Waals surface area contributed by atoms with Crippen molar-refractivity contribution in [3.05, 3.63) is 53.3 Å². The summed E-state index contributed by atoms with van der Waals surface area (Å²) in [6.45, 7) is 1.46. The van der Waals surface area contributed by atoms with Crippen molar-refractivity contribution in [2.75, 3.05) is 25.0 Å². The van der Waals surface area contributed by atoms with E-state index in [-0.39, 0.29) is 5.82 Å². The fourth-order valence-corrected chi connectivity index (χ4v) is 3.72. The molecule has 1 heterocycles. The highest BCUT2D eigenvalue weighted by Gasteiger charge is 2.24. The number of carboxylic acid groups (broad SMARTS) is 1. The molecule has 0 bridgehead atoms. The molecule has 0 saturated carbocycles. The molecule has 0 spiro atoms. The lowest BCUT2D eigenvalue weighted by Crippen LogP contribution is -2.35. The molecule has 138 valence electrons. The first kappa shape index (κ1) is 18.7. The van der Waals surface area contributed by atoms with Gasteiger partial charge in [0.15, 0.2) is 0 Å². The zero-order valence-corrected chi connectivity index (χ0v) is 15.4. The fourth-order valence-electron chi connectivity index (χ4n) is 3.55. The van der Waals surface area contributed by atoms with Crippen LogP contribution in [0.4, 0.5) is 14.9 Å². The van der Waals surface area contributed by atoms with Crippen molar-refractivity contribution in [3.8, 4) is 11.1 Å². The summed E-state index contributed by atoms with van der Waals surface area (Å²) in [5, 5.41) is 10.3. The molecule has 6 heteroatoms. The van der Waals surface area contributed by atoms with Crippen molar-refractivity contribution in [1.29, 1.82) is 0 Å². The second-order valence-corrected chi connectivity index (χ2v) is 7.10. The zero-order valence-electron chi connectivity index (χ0n) is 14.7. The molecule has 0 aromatic heterocycles. The minimum Gasteiger partial charge on any atom is -0.465 e. The normalized spacial score (nSPS) is 17.4. The maximum Gasteiger partial charge on any atom is 0.411 e. The van der Waals surface area contributed by atoms with E-state index in [1.807, 2.05) is 0 Å². The number of anilines is 1. The van der Waals surface area contributed by atoms with E-state index in [4.69, 9.17) is 11.6 Å². The molecule has 1 amide bonds. The van der Waals surface area contributed by atoms with Gasteiger partial charge >= 0.3 is 6.09 Å². The van der Waals surface area contributed by atoms with Gasteiger partial charge in [-0.3, -0.25) is 4.90 Å². The molecule has 1 aliphatic heterocycles. The molecule has 1 fully saturated rings. The van der Waals surface area contributed by atoms with E-state index in [9.17, 15) is 14.3 Å². The molecule has 2 aromatic rings. The number of benzene rings is 2. The van der Waals surface area contributed by atoms with Gasteiger partial charge in [0.05, 0.1) is 5.69 Å². The average molecular weight is 377 g/mol. The molecule has 0 aliphatic carbocycles. The minimum absolute atomic E-state index is 0.336. The Balaban J connectivity index is 1.91. The molecule has 2 aromatic carbocycles. The lowest BCUT2D eigenvalue weighted by atomic mass is 10.0. The Hall–Kier alpha value is -2.11. The van der Waals surface area contributed by atoms with Gasteiger partial charge in [-0.2, -0.15) is 0 Å². The smallest absolute Gasteiger partial charge is 0.411 e. The number of carbonyl (C=O) groups is 1. The van der Waals surface area contributed by atoms with E-state index in [0.717, 1.165) is 31.4 Å². The van der Waals surface area contributed by atoms with Crippen molar-refractivity contribution in [2.45, 2.75) is 25.3 Å². The lowest BCUT2D eigenvalue weighted by Gasteiger charge is -2.26. The number of rotatable bonds is 5. The second-order valence-electron chi connectivity index (χ2n) is 6.67. The predicted molar refractivity (Wildman–Crippen MR) is 102 cm³/mol. The Labute approximate surface area is 157 Å². The van der Waals surface area contributed by atoms with Crippen LogP contribution in [0, 0.1) is 5.82 Å². The molecule has 1 N–H and O–H groups in total. The summed E-state index contributed by atoms with van der Waals surface area (Å²) in [6.07, 6.45) is 2.01. The summed E-state index contributed by atoms with van der Waals surface area (Å²) in [4.78, 5) is 15.6. The van der Waals surface area contributed by atoms with Crippen LogP contribution >= 0.6 is 11.6 Å². The Bertz CT molecular complexity index is 782. The van der Waals surface area contributed by atoms with Crippen LogP contribution in [0.5, 0.6) is 0 Å². The highest BCUT2D eigenvalue weighted by Crippen LogP contribution is 2.34. The van der Waals surface area contributed by atoms with Crippen LogP contribution in [0.1, 0.15) is 19.3 Å². The van der Waals surface area contributed by atoms with Crippen molar-refractivity contribution in [1.82, 2.24) is 4.90 Å². The van der Waals surface area contributed by atoms with E-state index >= 15 is 0 Å². The van der Waals surface area contributed by atoms with Gasteiger partial charge in [0.25, 0.3) is 0 Å². The Morgan fingerprint density at radius 3 is 2.65 bits per heavy atom. The van der Waals surface area contributed by atoms with Crippen LogP contribution in [0.2, 0.25) is 5.02 Å². The van der Waals surface area contributed by atoms with Gasteiger partial charge in [-0.15, -0.1) is 0 Å². The largest absolute Gasteiger partial charge is 0.465 e. The SMILES string of the molecule is CN1CCCC1CCN(C(=O)O)c1ccc(Cl)cc1-c1ccc(F)cc1. The van der Waals surface area contributed by atoms with Crippen molar-refractivity contribution in [2.24, 2.45) is 0 Å². The van der Waals surface area contributed by atoms with Crippen LogP contribution in [-0.2, 0) is 0 Å². The summed E-state index contributed by atoms with van der Waals surface area (Å²) < 4.78 is 13.3. The quantitative estimate of drug-likeness (QED) is 0.788. The van der Waals surface area contributed by atoms with Gasteiger partial charge < -0.3 is 10.0 Å². The first-order chi connectivity index (χ1) is 12.5. The van der Waals surface area contributed by atoms with Crippen LogP contribution in [0.15, 0.2) is 42.5 Å². The third-order valence-electron chi connectivity index (χ3n) is 4.99. The first-order valence-electron chi connectivity index (χ1n) is 8.72. The predicted octanol–water partition coefficient (Wildman–Crippen LogP) is 5.11. The van der Waals surface area contributed by atoms with E-state index in [1.54, 1.807) is 30.3 Å². The van der Waals surface area contributed by atoms with Crippen LogP contribution in [0.25, 0.3) is 11.1 Å². The molecule has 1 saturated heterocycles. The Kier molecular flexibility index (Phi) is 5.79. The fraction of sp³-hybridized carbons (Fsp3) is 0.350. The minimum atomic E-state index is -1.00. The maximum atomic E-state index is 13.3. The number of likely N-dealkylation sites (tertiary alicyclic amines) is 1.